The van der Waals surface area contributed by atoms with E-state index in [1.807, 2.05) is 26.1 Å². The van der Waals surface area contributed by atoms with E-state index in [1.54, 1.807) is 14.0 Å². The van der Waals surface area contributed by atoms with Gasteiger partial charge in [0.2, 0.25) is 0 Å². The molecule has 0 bridgehead atoms. The van der Waals surface area contributed by atoms with Crippen molar-refractivity contribution in [3.63, 3.8) is 0 Å². The van der Waals surface area contributed by atoms with Gasteiger partial charge in [0, 0.05) is 23.6 Å². The third-order valence-corrected chi connectivity index (χ3v) is 3.05. The number of amides is 1. The van der Waals surface area contributed by atoms with Gasteiger partial charge in [0.15, 0.2) is 6.10 Å². The molecule has 18 heavy (non-hydrogen) atoms. The highest BCUT2D eigenvalue weighted by molar-refractivity contribution is 9.10. The third-order valence-electron chi connectivity index (χ3n) is 2.59. The van der Waals surface area contributed by atoms with Gasteiger partial charge >= 0.3 is 0 Å². The zero-order valence-corrected chi connectivity index (χ0v) is 12.7. The van der Waals surface area contributed by atoms with E-state index in [1.165, 1.54) is 0 Å². The molecule has 2 N–H and O–H groups in total. The molecular formula is C13H19BrN2O2. The summed E-state index contributed by atoms with van der Waals surface area (Å²) < 4.78 is 6.77. The number of benzene rings is 1. The van der Waals surface area contributed by atoms with Crippen LogP contribution in [0.25, 0.3) is 0 Å². The minimum absolute atomic E-state index is 0.132. The number of ether oxygens (including phenoxy) is 1. The number of halogens is 1. The summed E-state index contributed by atoms with van der Waals surface area (Å²) in [6, 6.07) is 3.97. The van der Waals surface area contributed by atoms with Crippen molar-refractivity contribution in [3.8, 4) is 5.75 Å². The van der Waals surface area contributed by atoms with E-state index in [9.17, 15) is 4.79 Å². The first-order valence-corrected chi connectivity index (χ1v) is 6.60. The highest BCUT2D eigenvalue weighted by Gasteiger charge is 2.16. The maximum absolute atomic E-state index is 11.5. The first kappa shape index (κ1) is 15.0. The molecule has 0 spiro atoms. The molecule has 1 atom stereocenters. The first-order valence-electron chi connectivity index (χ1n) is 5.81. The maximum atomic E-state index is 11.5. The van der Waals surface area contributed by atoms with E-state index in [0.717, 1.165) is 21.3 Å². The Hall–Kier alpha value is -1.07. The fraction of sp³-hybridized carbons (Fsp3) is 0.462. The summed E-state index contributed by atoms with van der Waals surface area (Å²) in [6.45, 7) is 4.40. The minimum Gasteiger partial charge on any atom is -0.480 e. The van der Waals surface area contributed by atoms with Gasteiger partial charge in [-0.15, -0.1) is 0 Å². The Morgan fingerprint density at radius 2 is 2.11 bits per heavy atom. The van der Waals surface area contributed by atoms with Crippen molar-refractivity contribution in [1.29, 1.82) is 0 Å². The molecular weight excluding hydrogens is 296 g/mol. The molecule has 0 aliphatic heterocycles. The number of likely N-dealkylation sites (N-methyl/N-ethyl adjacent to an activating group) is 1. The summed E-state index contributed by atoms with van der Waals surface area (Å²) in [5.41, 5.74) is 2.03. The topological polar surface area (TPSA) is 50.4 Å². The number of nitrogens with one attached hydrogen (secondary N) is 2. The van der Waals surface area contributed by atoms with E-state index in [2.05, 4.69) is 26.6 Å². The van der Waals surface area contributed by atoms with Gasteiger partial charge in [0.25, 0.3) is 5.91 Å². The smallest absolute Gasteiger partial charge is 0.260 e. The number of rotatable bonds is 5. The number of hydrogen-bond acceptors (Lipinski definition) is 3. The standard InChI is InChI=1S/C13H19BrN2O2/c1-8-5-11(14)6-10(7-15-3)12(8)18-9(2)13(17)16-4/h5-6,9,15H,7H2,1-4H3,(H,16,17). The maximum Gasteiger partial charge on any atom is 0.260 e. The van der Waals surface area contributed by atoms with E-state index >= 15 is 0 Å². The van der Waals surface area contributed by atoms with E-state index in [0.29, 0.717) is 6.54 Å². The van der Waals surface area contributed by atoms with Crippen molar-refractivity contribution >= 4 is 21.8 Å². The molecule has 1 aromatic carbocycles. The molecule has 0 radical (unpaired) electrons. The molecule has 0 fully saturated rings. The molecule has 100 valence electrons. The van der Waals surface area contributed by atoms with Gasteiger partial charge in [0.1, 0.15) is 5.75 Å². The number of aryl methyl sites for hydroxylation is 1. The van der Waals surface area contributed by atoms with Crippen molar-refractivity contribution in [3.05, 3.63) is 27.7 Å². The highest BCUT2D eigenvalue weighted by atomic mass is 79.9. The average Bonchev–Trinajstić information content (AvgIpc) is 2.32. The fourth-order valence-corrected chi connectivity index (χ4v) is 2.34. The fourth-order valence-electron chi connectivity index (χ4n) is 1.72. The van der Waals surface area contributed by atoms with Gasteiger partial charge in [-0.05, 0) is 38.6 Å². The van der Waals surface area contributed by atoms with Crippen LogP contribution in [0.4, 0.5) is 0 Å². The van der Waals surface area contributed by atoms with E-state index in [4.69, 9.17) is 4.74 Å². The summed E-state index contributed by atoms with van der Waals surface area (Å²) in [7, 11) is 3.48. The molecule has 1 aromatic rings. The van der Waals surface area contributed by atoms with Gasteiger partial charge in [-0.25, -0.2) is 0 Å². The lowest BCUT2D eigenvalue weighted by atomic mass is 10.1. The lowest BCUT2D eigenvalue weighted by Gasteiger charge is -2.18. The molecule has 0 aromatic heterocycles. The van der Waals surface area contributed by atoms with Crippen molar-refractivity contribution in [1.82, 2.24) is 10.6 Å². The van der Waals surface area contributed by atoms with Crippen molar-refractivity contribution in [2.24, 2.45) is 0 Å². The summed E-state index contributed by atoms with van der Waals surface area (Å²) in [5.74, 6) is 0.636. The quantitative estimate of drug-likeness (QED) is 0.874. The number of carbonyl (C=O) groups excluding carboxylic acids is 1. The average molecular weight is 315 g/mol. The van der Waals surface area contributed by atoms with Crippen molar-refractivity contribution in [2.75, 3.05) is 14.1 Å². The Bertz CT molecular complexity index is 435. The molecule has 0 aliphatic rings. The molecule has 0 heterocycles. The first-order chi connectivity index (χ1) is 8.49. The SMILES string of the molecule is CNCc1cc(Br)cc(C)c1OC(C)C(=O)NC. The molecule has 0 saturated carbocycles. The summed E-state index contributed by atoms with van der Waals surface area (Å²) >= 11 is 3.46. The van der Waals surface area contributed by atoms with Crippen LogP contribution < -0.4 is 15.4 Å². The normalized spacial score (nSPS) is 12.1. The second-order valence-corrected chi connectivity index (χ2v) is 5.03. The van der Waals surface area contributed by atoms with Crippen LogP contribution in [0.5, 0.6) is 5.75 Å². The Morgan fingerprint density at radius 1 is 1.44 bits per heavy atom. The van der Waals surface area contributed by atoms with Crippen molar-refractivity contribution in [2.45, 2.75) is 26.5 Å². The van der Waals surface area contributed by atoms with Crippen LogP contribution in [-0.4, -0.2) is 26.1 Å². The molecule has 0 saturated heterocycles. The van der Waals surface area contributed by atoms with Crippen molar-refractivity contribution < 1.29 is 9.53 Å². The van der Waals surface area contributed by atoms with Gasteiger partial charge in [-0.3, -0.25) is 4.79 Å². The molecule has 1 amide bonds. The van der Waals surface area contributed by atoms with E-state index < -0.39 is 6.10 Å². The zero-order chi connectivity index (χ0) is 13.7. The van der Waals surface area contributed by atoms with Crippen LogP contribution in [0.2, 0.25) is 0 Å². The number of hydrogen-bond donors (Lipinski definition) is 2. The largest absolute Gasteiger partial charge is 0.480 e. The third kappa shape index (κ3) is 3.71. The highest BCUT2D eigenvalue weighted by Crippen LogP contribution is 2.28. The Balaban J connectivity index is 3.02. The second kappa shape index (κ2) is 6.75. The molecule has 4 nitrogen and oxygen atoms in total. The van der Waals surface area contributed by atoms with Crippen LogP contribution in [-0.2, 0) is 11.3 Å². The monoisotopic (exact) mass is 314 g/mol. The van der Waals surface area contributed by atoms with Gasteiger partial charge in [0.05, 0.1) is 0 Å². The van der Waals surface area contributed by atoms with Gasteiger partial charge in [-0.1, -0.05) is 15.9 Å². The van der Waals surface area contributed by atoms with Crippen LogP contribution in [0.3, 0.4) is 0 Å². The molecule has 1 unspecified atom stereocenters. The predicted molar refractivity (Wildman–Crippen MR) is 75.8 cm³/mol. The summed E-state index contributed by atoms with van der Waals surface area (Å²) in [6.07, 6.45) is -0.509. The van der Waals surface area contributed by atoms with E-state index in [-0.39, 0.29) is 5.91 Å². The Labute approximate surface area is 116 Å². The lowest BCUT2D eigenvalue weighted by molar-refractivity contribution is -0.126. The van der Waals surface area contributed by atoms with Gasteiger partial charge in [-0.2, -0.15) is 0 Å². The summed E-state index contributed by atoms with van der Waals surface area (Å²) in [5, 5.41) is 5.67. The lowest BCUT2D eigenvalue weighted by Crippen LogP contribution is -2.34. The molecule has 5 heteroatoms. The Kier molecular flexibility index (Phi) is 5.62. The zero-order valence-electron chi connectivity index (χ0n) is 11.1. The Morgan fingerprint density at radius 3 is 2.67 bits per heavy atom. The van der Waals surface area contributed by atoms with Crippen LogP contribution in [0.15, 0.2) is 16.6 Å². The second-order valence-electron chi connectivity index (χ2n) is 4.12. The molecule has 0 aliphatic carbocycles. The van der Waals surface area contributed by atoms with Crippen LogP contribution in [0.1, 0.15) is 18.1 Å². The predicted octanol–water partition coefficient (Wildman–Crippen LogP) is 1.99. The van der Waals surface area contributed by atoms with Gasteiger partial charge < -0.3 is 15.4 Å². The van der Waals surface area contributed by atoms with Crippen LogP contribution >= 0.6 is 15.9 Å². The number of carbonyl (C=O) groups is 1. The van der Waals surface area contributed by atoms with Crippen LogP contribution in [0, 0.1) is 6.92 Å². The minimum atomic E-state index is -0.509. The summed E-state index contributed by atoms with van der Waals surface area (Å²) in [4.78, 5) is 11.5. The molecule has 1 rings (SSSR count).